The molecule has 0 fully saturated rings. The lowest BCUT2D eigenvalue weighted by molar-refractivity contribution is 0.100. The maximum atomic E-state index is 11.5. The molecule has 0 aliphatic heterocycles. The van der Waals surface area contributed by atoms with Gasteiger partial charge in [0.15, 0.2) is 0 Å². The number of carbonyl (C=O) groups excluding carboxylic acids is 1. The molecule has 1 aromatic heterocycles. The van der Waals surface area contributed by atoms with E-state index in [1.165, 1.54) is 6.07 Å². The minimum absolute atomic E-state index is 0.195. The second-order valence-corrected chi connectivity index (χ2v) is 4.40. The lowest BCUT2D eigenvalue weighted by atomic mass is 10.2. The molecule has 1 amide bonds. The molecule has 6 nitrogen and oxygen atoms in total. The van der Waals surface area contributed by atoms with E-state index in [2.05, 4.69) is 15.3 Å². The molecule has 1 aromatic carbocycles. The number of anilines is 2. The zero-order valence-electron chi connectivity index (χ0n) is 11.1. The standard InChI is InChI=1S/C14H16N4O2/c1-2-3-11-8-12(19)18-14(17-11)16-10-6-4-9(5-7-10)13(15)20/h4-8H,2-3H2,1H3,(H2,15,20)(H2,16,17,18,19). The van der Waals surface area contributed by atoms with E-state index in [1.54, 1.807) is 24.3 Å². The van der Waals surface area contributed by atoms with E-state index < -0.39 is 5.91 Å². The van der Waals surface area contributed by atoms with Gasteiger partial charge in [-0.25, -0.2) is 4.98 Å². The van der Waals surface area contributed by atoms with Gasteiger partial charge in [-0.05, 0) is 30.7 Å². The number of carbonyl (C=O) groups is 1. The van der Waals surface area contributed by atoms with Crippen LogP contribution in [0.5, 0.6) is 0 Å². The van der Waals surface area contributed by atoms with E-state index in [9.17, 15) is 9.59 Å². The number of aryl methyl sites for hydroxylation is 1. The van der Waals surface area contributed by atoms with Crippen LogP contribution in [0, 0.1) is 0 Å². The van der Waals surface area contributed by atoms with Gasteiger partial charge in [0.05, 0.1) is 0 Å². The number of aromatic amines is 1. The maximum Gasteiger partial charge on any atom is 0.252 e. The highest BCUT2D eigenvalue weighted by atomic mass is 16.1. The number of nitrogens with two attached hydrogens (primary N) is 1. The van der Waals surface area contributed by atoms with Gasteiger partial charge in [0, 0.05) is 23.0 Å². The summed E-state index contributed by atoms with van der Waals surface area (Å²) in [6.07, 6.45) is 1.67. The van der Waals surface area contributed by atoms with Gasteiger partial charge in [0.25, 0.3) is 5.56 Å². The van der Waals surface area contributed by atoms with Gasteiger partial charge < -0.3 is 11.1 Å². The molecule has 20 heavy (non-hydrogen) atoms. The van der Waals surface area contributed by atoms with Crippen molar-refractivity contribution in [2.24, 2.45) is 5.73 Å². The van der Waals surface area contributed by atoms with Crippen molar-refractivity contribution >= 4 is 17.5 Å². The van der Waals surface area contributed by atoms with E-state index in [4.69, 9.17) is 5.73 Å². The van der Waals surface area contributed by atoms with Gasteiger partial charge in [-0.3, -0.25) is 14.6 Å². The summed E-state index contributed by atoms with van der Waals surface area (Å²) >= 11 is 0. The minimum atomic E-state index is -0.479. The smallest absolute Gasteiger partial charge is 0.252 e. The Bertz CT molecular complexity index is 662. The number of primary amides is 1. The SMILES string of the molecule is CCCc1cc(=O)[nH]c(Nc2ccc(C(N)=O)cc2)n1. The number of H-pyrrole nitrogens is 1. The largest absolute Gasteiger partial charge is 0.366 e. The molecule has 0 spiro atoms. The summed E-state index contributed by atoms with van der Waals surface area (Å²) in [5.74, 6) is -0.0965. The highest BCUT2D eigenvalue weighted by Crippen LogP contribution is 2.13. The number of hydrogen-bond donors (Lipinski definition) is 3. The van der Waals surface area contributed by atoms with Gasteiger partial charge in [-0.1, -0.05) is 13.3 Å². The second kappa shape index (κ2) is 6.01. The first kappa shape index (κ1) is 13.8. The fourth-order valence-corrected chi connectivity index (χ4v) is 1.81. The van der Waals surface area contributed by atoms with Gasteiger partial charge >= 0.3 is 0 Å². The van der Waals surface area contributed by atoms with Gasteiger partial charge in [-0.2, -0.15) is 0 Å². The highest BCUT2D eigenvalue weighted by molar-refractivity contribution is 5.93. The molecule has 0 saturated carbocycles. The van der Waals surface area contributed by atoms with Crippen molar-refractivity contribution < 1.29 is 4.79 Å². The number of amides is 1. The van der Waals surface area contributed by atoms with Crippen molar-refractivity contribution in [3.05, 3.63) is 51.9 Å². The van der Waals surface area contributed by atoms with Crippen LogP contribution in [0.2, 0.25) is 0 Å². The third-order valence-electron chi connectivity index (χ3n) is 2.73. The summed E-state index contributed by atoms with van der Waals surface area (Å²) in [4.78, 5) is 29.4. The van der Waals surface area contributed by atoms with Gasteiger partial charge in [-0.15, -0.1) is 0 Å². The van der Waals surface area contributed by atoms with Crippen LogP contribution < -0.4 is 16.6 Å². The van der Waals surface area contributed by atoms with E-state index in [1.807, 2.05) is 6.92 Å². The lowest BCUT2D eigenvalue weighted by Crippen LogP contribution is -2.12. The van der Waals surface area contributed by atoms with Crippen LogP contribution in [0.1, 0.15) is 29.4 Å². The number of hydrogen-bond acceptors (Lipinski definition) is 4. The van der Waals surface area contributed by atoms with Crippen LogP contribution in [-0.4, -0.2) is 15.9 Å². The third-order valence-corrected chi connectivity index (χ3v) is 2.73. The molecular weight excluding hydrogens is 256 g/mol. The molecular formula is C14H16N4O2. The number of rotatable bonds is 5. The molecule has 1 heterocycles. The molecule has 2 rings (SSSR count). The van der Waals surface area contributed by atoms with Crippen LogP contribution in [0.4, 0.5) is 11.6 Å². The second-order valence-electron chi connectivity index (χ2n) is 4.40. The normalized spacial score (nSPS) is 10.2. The molecule has 104 valence electrons. The van der Waals surface area contributed by atoms with Crippen molar-refractivity contribution in [2.45, 2.75) is 19.8 Å². The Balaban J connectivity index is 2.20. The number of benzene rings is 1. The molecule has 6 heteroatoms. The summed E-state index contributed by atoms with van der Waals surface area (Å²) in [7, 11) is 0. The number of nitrogens with one attached hydrogen (secondary N) is 2. The summed E-state index contributed by atoms with van der Waals surface area (Å²) in [5, 5.41) is 2.99. The molecule has 2 aromatic rings. The Morgan fingerprint density at radius 3 is 2.65 bits per heavy atom. The quantitative estimate of drug-likeness (QED) is 0.768. The van der Waals surface area contributed by atoms with E-state index in [0.717, 1.165) is 18.5 Å². The Kier molecular flexibility index (Phi) is 4.14. The molecule has 0 aliphatic rings. The van der Waals surface area contributed by atoms with Crippen molar-refractivity contribution in [1.29, 1.82) is 0 Å². The zero-order valence-corrected chi connectivity index (χ0v) is 11.1. The molecule has 0 aliphatic carbocycles. The van der Waals surface area contributed by atoms with E-state index in [0.29, 0.717) is 17.2 Å². The van der Waals surface area contributed by atoms with Crippen LogP contribution in [0.3, 0.4) is 0 Å². The number of aromatic nitrogens is 2. The van der Waals surface area contributed by atoms with Crippen LogP contribution >= 0.6 is 0 Å². The molecule has 0 unspecified atom stereocenters. The zero-order chi connectivity index (χ0) is 14.5. The average molecular weight is 272 g/mol. The van der Waals surface area contributed by atoms with Crippen molar-refractivity contribution in [1.82, 2.24) is 9.97 Å². The predicted octanol–water partition coefficient (Wildman–Crippen LogP) is 1.56. The molecule has 0 bridgehead atoms. The van der Waals surface area contributed by atoms with E-state index in [-0.39, 0.29) is 5.56 Å². The lowest BCUT2D eigenvalue weighted by Gasteiger charge is -2.07. The highest BCUT2D eigenvalue weighted by Gasteiger charge is 2.03. The molecule has 0 saturated heterocycles. The summed E-state index contributed by atoms with van der Waals surface area (Å²) in [6, 6.07) is 8.11. The van der Waals surface area contributed by atoms with Crippen molar-refractivity contribution in [2.75, 3.05) is 5.32 Å². The Morgan fingerprint density at radius 2 is 2.05 bits per heavy atom. The van der Waals surface area contributed by atoms with Crippen LogP contribution in [0.25, 0.3) is 0 Å². The van der Waals surface area contributed by atoms with Gasteiger partial charge in [0.2, 0.25) is 11.9 Å². The Morgan fingerprint density at radius 1 is 1.35 bits per heavy atom. The summed E-state index contributed by atoms with van der Waals surface area (Å²) < 4.78 is 0. The first-order valence-electron chi connectivity index (χ1n) is 6.35. The number of nitrogens with zero attached hydrogens (tertiary/aromatic N) is 1. The van der Waals surface area contributed by atoms with Gasteiger partial charge in [0.1, 0.15) is 0 Å². The third kappa shape index (κ3) is 3.44. The predicted molar refractivity (Wildman–Crippen MR) is 77.1 cm³/mol. The fourth-order valence-electron chi connectivity index (χ4n) is 1.81. The topological polar surface area (TPSA) is 101 Å². The first-order chi connectivity index (χ1) is 9.58. The van der Waals surface area contributed by atoms with Crippen molar-refractivity contribution in [3.63, 3.8) is 0 Å². The fraction of sp³-hybridized carbons (Fsp3) is 0.214. The van der Waals surface area contributed by atoms with Crippen molar-refractivity contribution in [3.8, 4) is 0 Å². The molecule has 0 atom stereocenters. The molecule has 0 radical (unpaired) electrons. The first-order valence-corrected chi connectivity index (χ1v) is 6.35. The maximum absolute atomic E-state index is 11.5. The summed E-state index contributed by atoms with van der Waals surface area (Å²) in [6.45, 7) is 2.03. The van der Waals surface area contributed by atoms with Crippen LogP contribution in [0.15, 0.2) is 35.1 Å². The molecule has 4 N–H and O–H groups in total. The summed E-state index contributed by atoms with van der Waals surface area (Å²) in [5.41, 5.74) is 6.86. The average Bonchev–Trinajstić information content (AvgIpc) is 2.39. The Hall–Kier alpha value is -2.63. The Labute approximate surface area is 116 Å². The van der Waals surface area contributed by atoms with E-state index >= 15 is 0 Å². The monoisotopic (exact) mass is 272 g/mol. The van der Waals surface area contributed by atoms with Crippen LogP contribution in [-0.2, 0) is 6.42 Å². The minimum Gasteiger partial charge on any atom is -0.366 e.